The van der Waals surface area contributed by atoms with Crippen LogP contribution in [0.4, 0.5) is 4.39 Å². The van der Waals surface area contributed by atoms with Crippen molar-refractivity contribution in [1.82, 2.24) is 0 Å². The molecule has 0 aliphatic heterocycles. The van der Waals surface area contributed by atoms with E-state index in [0.29, 0.717) is 6.42 Å². The number of halogens is 2. The van der Waals surface area contributed by atoms with E-state index in [1.165, 1.54) is 6.07 Å². The number of carboxylic acid groups (broad SMARTS) is 1. The van der Waals surface area contributed by atoms with Gasteiger partial charge in [0.05, 0.1) is 5.56 Å². The normalized spacial score (nSPS) is 10.3. The second-order valence-corrected chi connectivity index (χ2v) is 3.42. The fourth-order valence-electron chi connectivity index (χ4n) is 1.33. The Balaban J connectivity index is 3.19. The van der Waals surface area contributed by atoms with E-state index in [1.54, 1.807) is 0 Å². The maximum Gasteiger partial charge on any atom is 0.339 e. The Bertz CT molecular complexity index is 379. The standard InChI is InChI=1S/C10H10ClFO3/c11-7-3-4-8(12)9(10(14)15)6(7)2-1-5-13/h3-4,13H,1-2,5H2,(H,14,15). The fourth-order valence-corrected chi connectivity index (χ4v) is 1.58. The minimum absolute atomic E-state index is 0.0914. The van der Waals surface area contributed by atoms with Crippen LogP contribution < -0.4 is 0 Å². The average molecular weight is 233 g/mol. The molecule has 82 valence electrons. The van der Waals surface area contributed by atoms with Crippen LogP contribution in [0.1, 0.15) is 22.3 Å². The molecule has 1 rings (SSSR count). The first-order valence-corrected chi connectivity index (χ1v) is 4.76. The van der Waals surface area contributed by atoms with Gasteiger partial charge >= 0.3 is 5.97 Å². The molecule has 0 heterocycles. The number of aromatic carboxylic acids is 1. The van der Waals surface area contributed by atoms with Gasteiger partial charge in [0, 0.05) is 11.6 Å². The zero-order valence-electron chi connectivity index (χ0n) is 7.83. The van der Waals surface area contributed by atoms with Gasteiger partial charge in [0.25, 0.3) is 0 Å². The largest absolute Gasteiger partial charge is 0.478 e. The number of carboxylic acids is 1. The summed E-state index contributed by atoms with van der Waals surface area (Å²) >= 11 is 5.77. The number of hydrogen-bond donors (Lipinski definition) is 2. The van der Waals surface area contributed by atoms with Gasteiger partial charge in [-0.2, -0.15) is 0 Å². The molecule has 2 N–H and O–H groups in total. The Hall–Kier alpha value is -1.13. The summed E-state index contributed by atoms with van der Waals surface area (Å²) in [4.78, 5) is 10.8. The van der Waals surface area contributed by atoms with Crippen molar-refractivity contribution in [3.05, 3.63) is 34.1 Å². The topological polar surface area (TPSA) is 57.5 Å². The van der Waals surface area contributed by atoms with Gasteiger partial charge in [0.1, 0.15) is 5.82 Å². The maximum atomic E-state index is 13.2. The molecule has 0 atom stereocenters. The highest BCUT2D eigenvalue weighted by molar-refractivity contribution is 6.31. The second-order valence-electron chi connectivity index (χ2n) is 3.02. The molecule has 5 heteroatoms. The van der Waals surface area contributed by atoms with Crippen LogP contribution in [0.25, 0.3) is 0 Å². The molecule has 0 saturated heterocycles. The molecule has 0 spiro atoms. The van der Waals surface area contributed by atoms with Crippen LogP contribution in [0, 0.1) is 5.82 Å². The smallest absolute Gasteiger partial charge is 0.339 e. The predicted octanol–water partition coefficient (Wildman–Crippen LogP) is 2.10. The van der Waals surface area contributed by atoms with Crippen LogP contribution in [0.5, 0.6) is 0 Å². The Morgan fingerprint density at radius 1 is 1.47 bits per heavy atom. The van der Waals surface area contributed by atoms with Crippen LogP contribution in [0.15, 0.2) is 12.1 Å². The number of carbonyl (C=O) groups is 1. The highest BCUT2D eigenvalue weighted by atomic mass is 35.5. The Kier molecular flexibility index (Phi) is 4.05. The number of aliphatic hydroxyl groups excluding tert-OH is 1. The minimum atomic E-state index is -1.34. The van der Waals surface area contributed by atoms with Gasteiger partial charge in [0.15, 0.2) is 0 Å². The van der Waals surface area contributed by atoms with E-state index in [4.69, 9.17) is 21.8 Å². The van der Waals surface area contributed by atoms with Crippen LogP contribution in [0.3, 0.4) is 0 Å². The average Bonchev–Trinajstić information content (AvgIpc) is 2.18. The Labute approximate surface area is 91.1 Å². The molecule has 0 unspecified atom stereocenters. The minimum Gasteiger partial charge on any atom is -0.478 e. The maximum absolute atomic E-state index is 13.2. The molecule has 0 saturated carbocycles. The lowest BCUT2D eigenvalue weighted by Crippen LogP contribution is -2.07. The van der Waals surface area contributed by atoms with E-state index in [-0.39, 0.29) is 23.6 Å². The highest BCUT2D eigenvalue weighted by Gasteiger charge is 2.18. The van der Waals surface area contributed by atoms with E-state index in [9.17, 15) is 9.18 Å². The lowest BCUT2D eigenvalue weighted by atomic mass is 10.0. The first-order chi connectivity index (χ1) is 7.07. The monoisotopic (exact) mass is 232 g/mol. The summed E-state index contributed by atoms with van der Waals surface area (Å²) in [5, 5.41) is 17.7. The van der Waals surface area contributed by atoms with Gasteiger partial charge < -0.3 is 10.2 Å². The lowest BCUT2D eigenvalue weighted by molar-refractivity contribution is 0.0690. The van der Waals surface area contributed by atoms with Crippen molar-refractivity contribution in [2.24, 2.45) is 0 Å². The van der Waals surface area contributed by atoms with Gasteiger partial charge in [-0.05, 0) is 30.5 Å². The van der Waals surface area contributed by atoms with Gasteiger partial charge in [-0.3, -0.25) is 0 Å². The molecule has 1 aromatic rings. The van der Waals surface area contributed by atoms with Crippen molar-refractivity contribution in [2.75, 3.05) is 6.61 Å². The van der Waals surface area contributed by atoms with Crippen LogP contribution in [0.2, 0.25) is 5.02 Å². The lowest BCUT2D eigenvalue weighted by Gasteiger charge is -2.08. The molecular formula is C10H10ClFO3. The molecule has 0 radical (unpaired) electrons. The molecule has 0 bridgehead atoms. The predicted molar refractivity (Wildman–Crippen MR) is 53.8 cm³/mol. The van der Waals surface area contributed by atoms with E-state index in [0.717, 1.165) is 6.07 Å². The molecule has 0 aliphatic carbocycles. The Morgan fingerprint density at radius 2 is 2.13 bits per heavy atom. The van der Waals surface area contributed by atoms with Crippen molar-refractivity contribution >= 4 is 17.6 Å². The number of rotatable bonds is 4. The summed E-state index contributed by atoms with van der Waals surface area (Å²) in [5.41, 5.74) is -0.172. The Morgan fingerprint density at radius 3 is 2.67 bits per heavy atom. The van der Waals surface area contributed by atoms with Gasteiger partial charge in [0.2, 0.25) is 0 Å². The van der Waals surface area contributed by atoms with E-state index < -0.39 is 17.3 Å². The van der Waals surface area contributed by atoms with Crippen LogP contribution in [-0.2, 0) is 6.42 Å². The molecule has 0 aromatic heterocycles. The third-order valence-corrected chi connectivity index (χ3v) is 2.36. The SMILES string of the molecule is O=C(O)c1c(F)ccc(Cl)c1CCCO. The molecule has 1 aromatic carbocycles. The summed E-state index contributed by atoms with van der Waals surface area (Å²) in [7, 11) is 0. The third-order valence-electron chi connectivity index (χ3n) is 2.00. The van der Waals surface area contributed by atoms with E-state index in [2.05, 4.69) is 0 Å². The van der Waals surface area contributed by atoms with Crippen molar-refractivity contribution < 1.29 is 19.4 Å². The van der Waals surface area contributed by atoms with E-state index in [1.807, 2.05) is 0 Å². The van der Waals surface area contributed by atoms with Gasteiger partial charge in [-0.15, -0.1) is 0 Å². The molecule has 0 aliphatic rings. The van der Waals surface area contributed by atoms with Crippen molar-refractivity contribution in [2.45, 2.75) is 12.8 Å². The van der Waals surface area contributed by atoms with Crippen molar-refractivity contribution in [1.29, 1.82) is 0 Å². The quantitative estimate of drug-likeness (QED) is 0.836. The number of hydrogen-bond acceptors (Lipinski definition) is 2. The molecule has 3 nitrogen and oxygen atoms in total. The first-order valence-electron chi connectivity index (χ1n) is 4.39. The summed E-state index contributed by atoms with van der Waals surface area (Å²) in [6, 6.07) is 2.34. The summed E-state index contributed by atoms with van der Waals surface area (Å²) in [6.45, 7) is -0.0914. The zero-order valence-corrected chi connectivity index (χ0v) is 8.59. The third kappa shape index (κ3) is 2.67. The van der Waals surface area contributed by atoms with Crippen molar-refractivity contribution in [3.63, 3.8) is 0 Å². The zero-order chi connectivity index (χ0) is 11.4. The first kappa shape index (κ1) is 11.9. The summed E-state index contributed by atoms with van der Waals surface area (Å²) in [5.74, 6) is -2.15. The molecule has 0 fully saturated rings. The van der Waals surface area contributed by atoms with Crippen LogP contribution in [-0.4, -0.2) is 22.8 Å². The second kappa shape index (κ2) is 5.09. The highest BCUT2D eigenvalue weighted by Crippen LogP contribution is 2.24. The van der Waals surface area contributed by atoms with Gasteiger partial charge in [-0.25, -0.2) is 9.18 Å². The summed E-state index contributed by atoms with van der Waals surface area (Å²) < 4.78 is 13.2. The van der Waals surface area contributed by atoms with Crippen molar-refractivity contribution in [3.8, 4) is 0 Å². The fraction of sp³-hybridized carbons (Fsp3) is 0.300. The van der Waals surface area contributed by atoms with E-state index >= 15 is 0 Å². The molecule has 0 amide bonds. The molecular weight excluding hydrogens is 223 g/mol. The number of benzene rings is 1. The summed E-state index contributed by atoms with van der Waals surface area (Å²) in [6.07, 6.45) is 0.595. The number of aliphatic hydroxyl groups is 1. The van der Waals surface area contributed by atoms with Crippen LogP contribution >= 0.6 is 11.6 Å². The molecule has 15 heavy (non-hydrogen) atoms. The van der Waals surface area contributed by atoms with Gasteiger partial charge in [-0.1, -0.05) is 11.6 Å².